The fourth-order valence-electron chi connectivity index (χ4n) is 1.60. The minimum absolute atomic E-state index is 0.274. The summed E-state index contributed by atoms with van der Waals surface area (Å²) in [5.41, 5.74) is 6.46. The molecular weight excluding hydrogens is 211 g/mol. The van der Waals surface area contributed by atoms with Crippen LogP contribution in [0.1, 0.15) is 5.56 Å². The number of cyclic esters (lactones) is 1. The van der Waals surface area contributed by atoms with E-state index in [4.69, 9.17) is 10.5 Å². The molecule has 16 heavy (non-hydrogen) atoms. The van der Waals surface area contributed by atoms with Gasteiger partial charge in [0, 0.05) is 6.54 Å². The first-order chi connectivity index (χ1) is 7.61. The summed E-state index contributed by atoms with van der Waals surface area (Å²) in [4.78, 5) is 12.9. The number of hydrogen-bond acceptors (Lipinski definition) is 3. The number of anilines is 1. The zero-order valence-corrected chi connectivity index (χ0v) is 8.94. The van der Waals surface area contributed by atoms with E-state index in [9.17, 15) is 9.18 Å². The fraction of sp³-hybridized carbons (Fsp3) is 0.364. The van der Waals surface area contributed by atoms with Crippen LogP contribution in [0.3, 0.4) is 0 Å². The molecule has 1 aliphatic rings. The van der Waals surface area contributed by atoms with E-state index >= 15 is 0 Å². The summed E-state index contributed by atoms with van der Waals surface area (Å²) in [6, 6.07) is 4.65. The van der Waals surface area contributed by atoms with Gasteiger partial charge in [-0.15, -0.1) is 0 Å². The van der Waals surface area contributed by atoms with Gasteiger partial charge in [0.25, 0.3) is 0 Å². The Morgan fingerprint density at radius 1 is 1.62 bits per heavy atom. The number of ether oxygens (including phenoxy) is 1. The Bertz CT molecular complexity index is 422. The third kappa shape index (κ3) is 1.86. The smallest absolute Gasteiger partial charge is 0.414 e. The summed E-state index contributed by atoms with van der Waals surface area (Å²) in [6.45, 7) is 2.32. The van der Waals surface area contributed by atoms with E-state index < -0.39 is 6.09 Å². The zero-order valence-electron chi connectivity index (χ0n) is 8.94. The van der Waals surface area contributed by atoms with Crippen LogP contribution in [-0.2, 0) is 4.74 Å². The fourth-order valence-corrected chi connectivity index (χ4v) is 1.60. The maximum Gasteiger partial charge on any atom is 0.414 e. The van der Waals surface area contributed by atoms with Gasteiger partial charge < -0.3 is 10.5 Å². The van der Waals surface area contributed by atoms with Crippen molar-refractivity contribution in [3.63, 3.8) is 0 Å². The number of amides is 1. The number of carbonyl (C=O) groups is 1. The Hall–Kier alpha value is -1.62. The molecule has 0 unspecified atom stereocenters. The summed E-state index contributed by atoms with van der Waals surface area (Å²) in [6.07, 6.45) is -0.782. The van der Waals surface area contributed by atoms with Gasteiger partial charge in [0.2, 0.25) is 0 Å². The van der Waals surface area contributed by atoms with E-state index in [1.165, 1.54) is 11.0 Å². The summed E-state index contributed by atoms with van der Waals surface area (Å²) < 4.78 is 18.3. The third-order valence-electron chi connectivity index (χ3n) is 2.60. The van der Waals surface area contributed by atoms with Crippen molar-refractivity contribution < 1.29 is 13.9 Å². The molecule has 1 aromatic rings. The summed E-state index contributed by atoms with van der Waals surface area (Å²) >= 11 is 0. The number of carbonyl (C=O) groups excluding carboxylic acids is 1. The first kappa shape index (κ1) is 10.9. The van der Waals surface area contributed by atoms with Gasteiger partial charge in [-0.1, -0.05) is 6.07 Å². The van der Waals surface area contributed by atoms with Gasteiger partial charge in [0.1, 0.15) is 11.9 Å². The second kappa shape index (κ2) is 4.09. The highest BCUT2D eigenvalue weighted by Crippen LogP contribution is 2.23. The highest BCUT2D eigenvalue weighted by atomic mass is 19.1. The van der Waals surface area contributed by atoms with Crippen molar-refractivity contribution in [1.29, 1.82) is 0 Å². The molecule has 5 heteroatoms. The van der Waals surface area contributed by atoms with Gasteiger partial charge in [-0.3, -0.25) is 4.90 Å². The molecule has 86 valence electrons. The van der Waals surface area contributed by atoms with Crippen LogP contribution in [0.5, 0.6) is 0 Å². The maximum atomic E-state index is 13.3. The molecule has 2 rings (SSSR count). The monoisotopic (exact) mass is 224 g/mol. The van der Waals surface area contributed by atoms with Crippen molar-refractivity contribution in [2.75, 3.05) is 18.0 Å². The van der Waals surface area contributed by atoms with Crippen LogP contribution < -0.4 is 10.6 Å². The summed E-state index contributed by atoms with van der Waals surface area (Å²) in [5.74, 6) is -0.332. The molecule has 1 amide bonds. The lowest BCUT2D eigenvalue weighted by molar-refractivity contribution is 0.145. The molecule has 1 atom stereocenters. The topological polar surface area (TPSA) is 55.6 Å². The van der Waals surface area contributed by atoms with Crippen LogP contribution in [0, 0.1) is 12.7 Å². The van der Waals surface area contributed by atoms with Crippen LogP contribution in [0.4, 0.5) is 14.9 Å². The van der Waals surface area contributed by atoms with Crippen LogP contribution in [-0.4, -0.2) is 25.3 Å². The number of benzene rings is 1. The lowest BCUT2D eigenvalue weighted by atomic mass is 10.2. The summed E-state index contributed by atoms with van der Waals surface area (Å²) in [5, 5.41) is 0. The molecule has 4 nitrogen and oxygen atoms in total. The molecule has 0 aromatic heterocycles. The van der Waals surface area contributed by atoms with Gasteiger partial charge in [-0.2, -0.15) is 0 Å². The standard InChI is InChI=1S/C11H13FN2O2/c1-7-2-3-8(4-10(7)12)14-6-9(5-13)16-11(14)15/h2-4,9H,5-6,13H2,1H3/t9-/m1/s1. The van der Waals surface area contributed by atoms with Gasteiger partial charge in [-0.25, -0.2) is 9.18 Å². The van der Waals surface area contributed by atoms with Gasteiger partial charge in [-0.05, 0) is 24.6 Å². The van der Waals surface area contributed by atoms with Crippen LogP contribution >= 0.6 is 0 Å². The predicted octanol–water partition coefficient (Wildman–Crippen LogP) is 1.42. The van der Waals surface area contributed by atoms with Crippen molar-refractivity contribution in [3.05, 3.63) is 29.6 Å². The Morgan fingerprint density at radius 2 is 2.38 bits per heavy atom. The van der Waals surface area contributed by atoms with E-state index in [0.29, 0.717) is 17.8 Å². The molecule has 0 radical (unpaired) electrons. The number of nitrogens with zero attached hydrogens (tertiary/aromatic N) is 1. The van der Waals surface area contributed by atoms with E-state index in [-0.39, 0.29) is 18.5 Å². The van der Waals surface area contributed by atoms with E-state index in [0.717, 1.165) is 0 Å². The Kier molecular flexibility index (Phi) is 2.78. The third-order valence-corrected chi connectivity index (χ3v) is 2.60. The van der Waals surface area contributed by atoms with Crippen molar-refractivity contribution in [2.45, 2.75) is 13.0 Å². The molecule has 1 saturated heterocycles. The minimum Gasteiger partial charge on any atom is -0.443 e. The molecule has 2 N–H and O–H groups in total. The molecule has 1 aliphatic heterocycles. The van der Waals surface area contributed by atoms with Crippen LogP contribution in [0.15, 0.2) is 18.2 Å². The minimum atomic E-state index is -0.473. The number of halogens is 1. The largest absolute Gasteiger partial charge is 0.443 e. The average molecular weight is 224 g/mol. The number of hydrogen-bond donors (Lipinski definition) is 1. The van der Waals surface area contributed by atoms with Gasteiger partial charge in [0.15, 0.2) is 0 Å². The Balaban J connectivity index is 2.24. The molecule has 0 saturated carbocycles. The second-order valence-corrected chi connectivity index (χ2v) is 3.79. The first-order valence-corrected chi connectivity index (χ1v) is 5.06. The second-order valence-electron chi connectivity index (χ2n) is 3.79. The maximum absolute atomic E-state index is 13.3. The van der Waals surface area contributed by atoms with Crippen molar-refractivity contribution in [2.24, 2.45) is 5.73 Å². The Morgan fingerprint density at radius 3 is 2.94 bits per heavy atom. The lowest BCUT2D eigenvalue weighted by Gasteiger charge is -2.13. The lowest BCUT2D eigenvalue weighted by Crippen LogP contribution is -2.27. The first-order valence-electron chi connectivity index (χ1n) is 5.06. The van der Waals surface area contributed by atoms with Crippen molar-refractivity contribution in [3.8, 4) is 0 Å². The van der Waals surface area contributed by atoms with Gasteiger partial charge in [0.05, 0.1) is 12.2 Å². The SMILES string of the molecule is Cc1ccc(N2C[C@@H](CN)OC2=O)cc1F. The molecular formula is C11H13FN2O2. The normalized spacial score (nSPS) is 20.1. The summed E-state index contributed by atoms with van der Waals surface area (Å²) in [7, 11) is 0. The van der Waals surface area contributed by atoms with Crippen molar-refractivity contribution >= 4 is 11.8 Å². The number of aryl methyl sites for hydroxylation is 1. The highest BCUT2D eigenvalue weighted by Gasteiger charge is 2.31. The molecule has 1 heterocycles. The highest BCUT2D eigenvalue weighted by molar-refractivity contribution is 5.89. The zero-order chi connectivity index (χ0) is 11.7. The molecule has 0 aliphatic carbocycles. The van der Waals surface area contributed by atoms with Gasteiger partial charge >= 0.3 is 6.09 Å². The number of nitrogens with two attached hydrogens (primary N) is 1. The number of rotatable bonds is 2. The van der Waals surface area contributed by atoms with E-state index in [1.807, 2.05) is 0 Å². The molecule has 0 spiro atoms. The molecule has 1 fully saturated rings. The van der Waals surface area contributed by atoms with E-state index in [1.54, 1.807) is 19.1 Å². The predicted molar refractivity (Wildman–Crippen MR) is 57.8 cm³/mol. The molecule has 0 bridgehead atoms. The molecule has 1 aromatic carbocycles. The van der Waals surface area contributed by atoms with Crippen molar-refractivity contribution in [1.82, 2.24) is 0 Å². The Labute approximate surface area is 92.8 Å². The van der Waals surface area contributed by atoms with Crippen LogP contribution in [0.25, 0.3) is 0 Å². The average Bonchev–Trinajstić information content (AvgIpc) is 2.64. The van der Waals surface area contributed by atoms with Crippen LogP contribution in [0.2, 0.25) is 0 Å². The quantitative estimate of drug-likeness (QED) is 0.826. The van der Waals surface area contributed by atoms with E-state index in [2.05, 4.69) is 0 Å².